The largest absolute Gasteiger partial charge is 0.490 e. The number of carbonyl (C=O) groups excluding carboxylic acids is 1. The fourth-order valence-electron chi connectivity index (χ4n) is 2.52. The molecule has 0 unspecified atom stereocenters. The zero-order chi connectivity index (χ0) is 17.6. The maximum Gasteiger partial charge on any atom is 0.329 e. The second-order valence-corrected chi connectivity index (χ2v) is 6.05. The smallest absolute Gasteiger partial charge is 0.329 e. The molecule has 6 nitrogen and oxygen atoms in total. The van der Waals surface area contributed by atoms with Crippen LogP contribution in [-0.2, 0) is 4.79 Å². The Labute approximate surface area is 142 Å². The van der Waals surface area contributed by atoms with Gasteiger partial charge in [-0.3, -0.25) is 4.79 Å². The third kappa shape index (κ3) is 3.99. The van der Waals surface area contributed by atoms with Gasteiger partial charge in [0.25, 0.3) is 5.91 Å². The van der Waals surface area contributed by atoms with Gasteiger partial charge in [0, 0.05) is 5.56 Å². The van der Waals surface area contributed by atoms with Gasteiger partial charge in [-0.1, -0.05) is 13.8 Å². The number of amides is 1. The molecule has 1 aromatic carbocycles. The van der Waals surface area contributed by atoms with Gasteiger partial charge in [-0.2, -0.15) is 0 Å². The van der Waals surface area contributed by atoms with E-state index < -0.39 is 17.4 Å². The number of hydrogen-bond donors (Lipinski definition) is 2. The number of nitrogens with one attached hydrogen (secondary N) is 1. The normalized spacial score (nSPS) is 15.2. The van der Waals surface area contributed by atoms with Crippen LogP contribution < -0.4 is 14.8 Å². The van der Waals surface area contributed by atoms with Crippen molar-refractivity contribution in [3.8, 4) is 11.5 Å². The minimum absolute atomic E-state index is 0.373. The molecule has 0 aliphatic heterocycles. The highest BCUT2D eigenvalue weighted by atomic mass is 16.5. The van der Waals surface area contributed by atoms with Crippen molar-refractivity contribution < 1.29 is 24.2 Å². The van der Waals surface area contributed by atoms with E-state index in [4.69, 9.17) is 9.47 Å². The fraction of sp³-hybridized carbons (Fsp3) is 0.556. The van der Waals surface area contributed by atoms with Gasteiger partial charge in [-0.25, -0.2) is 4.79 Å². The summed E-state index contributed by atoms with van der Waals surface area (Å²) in [6.45, 7) is 5.09. The van der Waals surface area contributed by atoms with E-state index in [0.29, 0.717) is 43.1 Å². The predicted molar refractivity (Wildman–Crippen MR) is 89.7 cm³/mol. The average molecular weight is 335 g/mol. The zero-order valence-corrected chi connectivity index (χ0v) is 14.3. The standard InChI is InChI=1S/C18H25NO5/c1-3-10-23-14-7-6-13(12-15(14)24-11-4-2)16(20)19-18(17(21)22)8-5-9-18/h6-7,12H,3-5,8-11H2,1-2H3,(H,19,20)(H,21,22). The number of aliphatic carboxylic acids is 1. The Hall–Kier alpha value is -2.24. The van der Waals surface area contributed by atoms with E-state index in [9.17, 15) is 14.7 Å². The molecule has 1 saturated carbocycles. The summed E-state index contributed by atoms with van der Waals surface area (Å²) in [5, 5.41) is 12.0. The topological polar surface area (TPSA) is 84.9 Å². The van der Waals surface area contributed by atoms with Crippen molar-refractivity contribution >= 4 is 11.9 Å². The van der Waals surface area contributed by atoms with Crippen molar-refractivity contribution in [1.82, 2.24) is 5.32 Å². The van der Waals surface area contributed by atoms with Crippen LogP contribution in [0.25, 0.3) is 0 Å². The highest BCUT2D eigenvalue weighted by Gasteiger charge is 2.45. The van der Waals surface area contributed by atoms with Gasteiger partial charge in [0.1, 0.15) is 5.54 Å². The molecule has 0 spiro atoms. The van der Waals surface area contributed by atoms with Gasteiger partial charge >= 0.3 is 5.97 Å². The number of carboxylic acids is 1. The van der Waals surface area contributed by atoms with Crippen LogP contribution in [-0.4, -0.2) is 35.7 Å². The van der Waals surface area contributed by atoms with E-state index in [0.717, 1.165) is 19.3 Å². The van der Waals surface area contributed by atoms with E-state index in [1.165, 1.54) is 0 Å². The molecule has 1 amide bonds. The summed E-state index contributed by atoms with van der Waals surface area (Å²) in [6, 6.07) is 4.95. The Morgan fingerprint density at radius 1 is 1.12 bits per heavy atom. The fourth-order valence-corrected chi connectivity index (χ4v) is 2.52. The molecule has 0 aromatic heterocycles. The predicted octanol–water partition coefficient (Wildman–Crippen LogP) is 3.00. The van der Waals surface area contributed by atoms with Crippen LogP contribution in [0.5, 0.6) is 11.5 Å². The van der Waals surface area contributed by atoms with Crippen LogP contribution in [0.4, 0.5) is 0 Å². The lowest BCUT2D eigenvalue weighted by Crippen LogP contribution is -2.59. The number of carboxylic acid groups (broad SMARTS) is 1. The van der Waals surface area contributed by atoms with Gasteiger partial charge in [0.15, 0.2) is 11.5 Å². The zero-order valence-electron chi connectivity index (χ0n) is 14.3. The van der Waals surface area contributed by atoms with Crippen molar-refractivity contribution in [3.63, 3.8) is 0 Å². The third-order valence-corrected chi connectivity index (χ3v) is 4.10. The van der Waals surface area contributed by atoms with E-state index >= 15 is 0 Å². The van der Waals surface area contributed by atoms with Gasteiger partial charge in [-0.05, 0) is 50.3 Å². The summed E-state index contributed by atoms with van der Waals surface area (Å²) in [6.07, 6.45) is 3.44. The van der Waals surface area contributed by atoms with Crippen LogP contribution in [0.3, 0.4) is 0 Å². The molecule has 1 aliphatic rings. The SMILES string of the molecule is CCCOc1ccc(C(=O)NC2(C(=O)O)CCC2)cc1OCCC. The molecule has 24 heavy (non-hydrogen) atoms. The van der Waals surface area contributed by atoms with Crippen molar-refractivity contribution in [2.45, 2.75) is 51.5 Å². The van der Waals surface area contributed by atoms with Crippen LogP contribution in [0, 0.1) is 0 Å². The quantitative estimate of drug-likeness (QED) is 0.724. The Bertz CT molecular complexity index is 595. The summed E-state index contributed by atoms with van der Waals surface area (Å²) in [4.78, 5) is 23.8. The van der Waals surface area contributed by atoms with Crippen LogP contribution in [0.2, 0.25) is 0 Å². The van der Waals surface area contributed by atoms with Crippen molar-refractivity contribution in [2.75, 3.05) is 13.2 Å². The molecule has 6 heteroatoms. The van der Waals surface area contributed by atoms with Crippen LogP contribution in [0.1, 0.15) is 56.3 Å². The Morgan fingerprint density at radius 2 is 1.75 bits per heavy atom. The first-order chi connectivity index (χ1) is 11.5. The number of ether oxygens (including phenoxy) is 2. The van der Waals surface area contributed by atoms with Crippen molar-refractivity contribution in [3.05, 3.63) is 23.8 Å². The number of benzene rings is 1. The van der Waals surface area contributed by atoms with Crippen LogP contribution in [0.15, 0.2) is 18.2 Å². The lowest BCUT2D eigenvalue weighted by atomic mass is 9.76. The van der Waals surface area contributed by atoms with Crippen LogP contribution >= 0.6 is 0 Å². The molecule has 1 fully saturated rings. The summed E-state index contributed by atoms with van der Waals surface area (Å²) in [7, 11) is 0. The Kier molecular flexibility index (Phi) is 6.06. The Balaban J connectivity index is 2.16. The molecule has 2 N–H and O–H groups in total. The molecule has 0 saturated heterocycles. The second kappa shape index (κ2) is 8.04. The first kappa shape index (κ1) is 18.1. The molecular formula is C18H25NO5. The number of hydrogen-bond acceptors (Lipinski definition) is 4. The third-order valence-electron chi connectivity index (χ3n) is 4.10. The lowest BCUT2D eigenvalue weighted by molar-refractivity contribution is -0.148. The highest BCUT2D eigenvalue weighted by Crippen LogP contribution is 2.33. The summed E-state index contributed by atoms with van der Waals surface area (Å²) < 4.78 is 11.3. The molecular weight excluding hydrogens is 310 g/mol. The van der Waals surface area contributed by atoms with Gasteiger partial charge in [0.05, 0.1) is 13.2 Å². The van der Waals surface area contributed by atoms with E-state index in [1.54, 1.807) is 18.2 Å². The van der Waals surface area contributed by atoms with E-state index in [2.05, 4.69) is 5.32 Å². The molecule has 132 valence electrons. The van der Waals surface area contributed by atoms with E-state index in [-0.39, 0.29) is 0 Å². The molecule has 0 bridgehead atoms. The molecule has 0 heterocycles. The van der Waals surface area contributed by atoms with E-state index in [1.807, 2.05) is 13.8 Å². The minimum Gasteiger partial charge on any atom is -0.490 e. The van der Waals surface area contributed by atoms with Crippen molar-refractivity contribution in [1.29, 1.82) is 0 Å². The minimum atomic E-state index is -1.13. The molecule has 1 aliphatic carbocycles. The summed E-state index contributed by atoms with van der Waals surface area (Å²) in [5.41, 5.74) is -0.753. The highest BCUT2D eigenvalue weighted by molar-refractivity contribution is 5.98. The first-order valence-corrected chi connectivity index (χ1v) is 8.48. The summed E-state index contributed by atoms with van der Waals surface area (Å²) >= 11 is 0. The monoisotopic (exact) mass is 335 g/mol. The number of carbonyl (C=O) groups is 2. The molecule has 0 atom stereocenters. The first-order valence-electron chi connectivity index (χ1n) is 8.48. The lowest BCUT2D eigenvalue weighted by Gasteiger charge is -2.38. The van der Waals surface area contributed by atoms with Gasteiger partial charge < -0.3 is 19.9 Å². The van der Waals surface area contributed by atoms with Crippen molar-refractivity contribution in [2.24, 2.45) is 0 Å². The molecule has 0 radical (unpaired) electrons. The summed E-state index contributed by atoms with van der Waals surface area (Å²) in [5.74, 6) is -0.276. The molecule has 2 rings (SSSR count). The Morgan fingerprint density at radius 3 is 2.25 bits per heavy atom. The maximum atomic E-state index is 12.4. The van der Waals surface area contributed by atoms with Gasteiger partial charge in [-0.15, -0.1) is 0 Å². The van der Waals surface area contributed by atoms with Gasteiger partial charge in [0.2, 0.25) is 0 Å². The molecule has 1 aromatic rings. The number of rotatable bonds is 9. The average Bonchev–Trinajstić information content (AvgIpc) is 2.54. The maximum absolute atomic E-state index is 12.4. The second-order valence-electron chi connectivity index (χ2n) is 6.05.